The number of fused-ring (bicyclic) bond motifs is 1. The topological polar surface area (TPSA) is 55.1 Å². The summed E-state index contributed by atoms with van der Waals surface area (Å²) in [7, 11) is 0. The van der Waals surface area contributed by atoms with Gasteiger partial charge in [-0.3, -0.25) is 9.78 Å². The van der Waals surface area contributed by atoms with Gasteiger partial charge in [0.2, 0.25) is 5.91 Å². The molecule has 1 N–H and O–H groups in total. The van der Waals surface area contributed by atoms with E-state index < -0.39 is 0 Å². The van der Waals surface area contributed by atoms with Gasteiger partial charge in [-0.25, -0.2) is 0 Å². The number of carbonyl (C=O) groups excluding carboxylic acids is 1. The molecule has 2 aromatic heterocycles. The third kappa shape index (κ3) is 2.95. The summed E-state index contributed by atoms with van der Waals surface area (Å²) >= 11 is 0. The third-order valence-electron chi connectivity index (χ3n) is 4.43. The Hall–Kier alpha value is -2.88. The van der Waals surface area contributed by atoms with E-state index in [1.807, 2.05) is 42.5 Å². The van der Waals surface area contributed by atoms with Crippen LogP contribution in [-0.4, -0.2) is 10.9 Å². The molecule has 1 aliphatic carbocycles. The predicted octanol–water partition coefficient (Wildman–Crippen LogP) is 4.60. The third-order valence-corrected chi connectivity index (χ3v) is 4.43. The van der Waals surface area contributed by atoms with Gasteiger partial charge < -0.3 is 9.73 Å². The molecule has 0 saturated heterocycles. The molecule has 0 bridgehead atoms. The smallest absolute Gasteiger partial charge is 0.248 e. The molecule has 1 aromatic carbocycles. The Balaban J connectivity index is 1.47. The summed E-state index contributed by atoms with van der Waals surface area (Å²) in [4.78, 5) is 16.5. The van der Waals surface area contributed by atoms with Gasteiger partial charge >= 0.3 is 0 Å². The Labute approximate surface area is 140 Å². The summed E-state index contributed by atoms with van der Waals surface area (Å²) in [5, 5.41) is 3.82. The summed E-state index contributed by atoms with van der Waals surface area (Å²) in [6.07, 6.45) is 6.12. The van der Waals surface area contributed by atoms with Gasteiger partial charge in [0.1, 0.15) is 11.5 Å². The number of aromatic nitrogens is 1. The zero-order valence-corrected chi connectivity index (χ0v) is 13.4. The number of hydrogen-bond donors (Lipinski definition) is 1. The molecule has 1 amide bonds. The SMILES string of the molecule is CC1CC1c1ccc(C=CC(=O)Nc2cccc3ncccc23)o1. The Morgan fingerprint density at radius 1 is 1.25 bits per heavy atom. The van der Waals surface area contributed by atoms with Crippen molar-refractivity contribution in [2.24, 2.45) is 5.92 Å². The molecule has 0 aliphatic heterocycles. The van der Waals surface area contributed by atoms with Crippen molar-refractivity contribution in [3.63, 3.8) is 0 Å². The number of nitrogens with one attached hydrogen (secondary N) is 1. The van der Waals surface area contributed by atoms with Crippen LogP contribution in [0.3, 0.4) is 0 Å². The number of carbonyl (C=O) groups is 1. The van der Waals surface area contributed by atoms with Crippen LogP contribution in [0, 0.1) is 5.92 Å². The number of anilines is 1. The van der Waals surface area contributed by atoms with Gasteiger partial charge in [-0.05, 0) is 54.8 Å². The molecule has 4 nitrogen and oxygen atoms in total. The van der Waals surface area contributed by atoms with Crippen LogP contribution in [0.25, 0.3) is 17.0 Å². The molecule has 4 rings (SSSR count). The van der Waals surface area contributed by atoms with Gasteiger partial charge in [0.05, 0.1) is 11.2 Å². The maximum atomic E-state index is 12.2. The lowest BCUT2D eigenvalue weighted by molar-refractivity contribution is -0.111. The largest absolute Gasteiger partial charge is 0.461 e. The van der Waals surface area contributed by atoms with E-state index in [0.29, 0.717) is 17.6 Å². The molecule has 2 unspecified atom stereocenters. The first kappa shape index (κ1) is 14.7. The van der Waals surface area contributed by atoms with Crippen LogP contribution in [0.5, 0.6) is 0 Å². The Bertz CT molecular complexity index is 921. The van der Waals surface area contributed by atoms with E-state index >= 15 is 0 Å². The van der Waals surface area contributed by atoms with Crippen molar-refractivity contribution in [1.82, 2.24) is 4.98 Å². The summed E-state index contributed by atoms with van der Waals surface area (Å²) < 4.78 is 5.77. The van der Waals surface area contributed by atoms with Crippen molar-refractivity contribution in [3.8, 4) is 0 Å². The minimum atomic E-state index is -0.191. The number of rotatable bonds is 4. The second-order valence-electron chi connectivity index (χ2n) is 6.26. The molecule has 3 aromatic rings. The van der Waals surface area contributed by atoms with Crippen LogP contribution in [0.1, 0.15) is 30.8 Å². The molecule has 24 heavy (non-hydrogen) atoms. The Kier molecular flexibility index (Phi) is 3.65. The molecule has 120 valence electrons. The number of amides is 1. The molecular formula is C20H18N2O2. The summed E-state index contributed by atoms with van der Waals surface area (Å²) in [6, 6.07) is 13.4. The highest BCUT2D eigenvalue weighted by atomic mass is 16.3. The molecule has 2 heterocycles. The highest BCUT2D eigenvalue weighted by Crippen LogP contribution is 2.47. The predicted molar refractivity (Wildman–Crippen MR) is 94.6 cm³/mol. The summed E-state index contributed by atoms with van der Waals surface area (Å²) in [5.41, 5.74) is 1.61. The number of benzene rings is 1. The highest BCUT2D eigenvalue weighted by Gasteiger charge is 2.36. The van der Waals surface area contributed by atoms with E-state index in [-0.39, 0.29) is 5.91 Å². The lowest BCUT2D eigenvalue weighted by atomic mass is 10.2. The Morgan fingerprint density at radius 3 is 2.96 bits per heavy atom. The van der Waals surface area contributed by atoms with E-state index in [1.165, 1.54) is 12.5 Å². The minimum absolute atomic E-state index is 0.191. The van der Waals surface area contributed by atoms with Gasteiger partial charge in [-0.1, -0.05) is 13.0 Å². The average Bonchev–Trinajstić information content (AvgIpc) is 3.14. The highest BCUT2D eigenvalue weighted by molar-refractivity contribution is 6.06. The fourth-order valence-corrected chi connectivity index (χ4v) is 2.92. The summed E-state index contributed by atoms with van der Waals surface area (Å²) in [6.45, 7) is 2.22. The van der Waals surface area contributed by atoms with E-state index in [0.717, 1.165) is 22.4 Å². The van der Waals surface area contributed by atoms with Crippen LogP contribution in [0.2, 0.25) is 0 Å². The van der Waals surface area contributed by atoms with E-state index in [2.05, 4.69) is 17.2 Å². The number of pyridine rings is 1. The zero-order valence-electron chi connectivity index (χ0n) is 13.4. The van der Waals surface area contributed by atoms with Crippen LogP contribution in [0.15, 0.2) is 59.2 Å². The van der Waals surface area contributed by atoms with Gasteiger partial charge in [-0.2, -0.15) is 0 Å². The molecular weight excluding hydrogens is 300 g/mol. The fraction of sp³-hybridized carbons (Fsp3) is 0.200. The quantitative estimate of drug-likeness (QED) is 0.715. The number of nitrogens with zero attached hydrogens (tertiary/aromatic N) is 1. The molecule has 1 saturated carbocycles. The lowest BCUT2D eigenvalue weighted by Crippen LogP contribution is -2.08. The average molecular weight is 318 g/mol. The lowest BCUT2D eigenvalue weighted by Gasteiger charge is -2.05. The van der Waals surface area contributed by atoms with E-state index in [1.54, 1.807) is 12.3 Å². The first-order valence-electron chi connectivity index (χ1n) is 8.13. The van der Waals surface area contributed by atoms with Gasteiger partial charge in [0.15, 0.2) is 0 Å². The van der Waals surface area contributed by atoms with E-state index in [4.69, 9.17) is 4.42 Å². The number of hydrogen-bond acceptors (Lipinski definition) is 3. The standard InChI is InChI=1S/C20H18N2O2/c1-13-12-16(13)19-9-7-14(24-19)8-10-20(23)22-18-6-2-5-17-15(18)4-3-11-21-17/h2-11,13,16H,12H2,1H3,(H,22,23). The molecule has 4 heteroatoms. The zero-order chi connectivity index (χ0) is 16.5. The van der Waals surface area contributed by atoms with Crippen molar-refractivity contribution < 1.29 is 9.21 Å². The molecule has 1 aliphatic rings. The Morgan fingerprint density at radius 2 is 2.12 bits per heavy atom. The maximum Gasteiger partial charge on any atom is 0.248 e. The second kappa shape index (κ2) is 5.96. The van der Waals surface area contributed by atoms with Crippen molar-refractivity contribution in [3.05, 3.63) is 66.3 Å². The maximum absolute atomic E-state index is 12.2. The van der Waals surface area contributed by atoms with Gasteiger partial charge in [0, 0.05) is 23.6 Å². The van der Waals surface area contributed by atoms with Crippen LogP contribution in [-0.2, 0) is 4.79 Å². The monoisotopic (exact) mass is 318 g/mol. The molecule has 2 atom stereocenters. The molecule has 0 spiro atoms. The fourth-order valence-electron chi connectivity index (χ4n) is 2.92. The number of furan rings is 1. The van der Waals surface area contributed by atoms with Crippen molar-refractivity contribution >= 4 is 28.6 Å². The second-order valence-corrected chi connectivity index (χ2v) is 6.26. The summed E-state index contributed by atoms with van der Waals surface area (Å²) in [5.74, 6) is 2.78. The first-order chi connectivity index (χ1) is 11.7. The first-order valence-corrected chi connectivity index (χ1v) is 8.13. The van der Waals surface area contributed by atoms with Crippen molar-refractivity contribution in [2.45, 2.75) is 19.3 Å². The van der Waals surface area contributed by atoms with Crippen molar-refractivity contribution in [1.29, 1.82) is 0 Å². The van der Waals surface area contributed by atoms with Crippen LogP contribution < -0.4 is 5.32 Å². The van der Waals surface area contributed by atoms with Crippen molar-refractivity contribution in [2.75, 3.05) is 5.32 Å². The van der Waals surface area contributed by atoms with Crippen LogP contribution >= 0.6 is 0 Å². The minimum Gasteiger partial charge on any atom is -0.461 e. The molecule has 1 fully saturated rings. The molecule has 0 radical (unpaired) electrons. The van der Waals surface area contributed by atoms with Crippen LogP contribution in [0.4, 0.5) is 5.69 Å². The van der Waals surface area contributed by atoms with E-state index in [9.17, 15) is 4.79 Å². The van der Waals surface area contributed by atoms with Gasteiger partial charge in [0.25, 0.3) is 0 Å². The van der Waals surface area contributed by atoms with Gasteiger partial charge in [-0.15, -0.1) is 0 Å². The normalized spacial score (nSPS) is 19.7.